The minimum atomic E-state index is -0.814. The summed E-state index contributed by atoms with van der Waals surface area (Å²) in [5.74, 6) is 0.0641. The number of rotatable bonds is 6. The highest BCUT2D eigenvalue weighted by Gasteiger charge is 2.14. The molecule has 0 aliphatic carbocycles. The molecule has 0 saturated heterocycles. The van der Waals surface area contributed by atoms with Crippen LogP contribution < -0.4 is 0 Å². The number of carbonyl (C=O) groups excluding carboxylic acids is 1. The molecule has 0 fully saturated rings. The standard InChI is InChI=1S/C18H24O2/c1-14(2)6-5-12-18(4,20)13-11-16-7-9-17(10-8-16)15(3)19/h6-11,13,20H,5,12H2,1-4H3/b13-11+. The van der Waals surface area contributed by atoms with E-state index >= 15 is 0 Å². The Hall–Kier alpha value is -1.67. The van der Waals surface area contributed by atoms with Gasteiger partial charge in [-0.05, 0) is 46.1 Å². The summed E-state index contributed by atoms with van der Waals surface area (Å²) in [5, 5.41) is 10.3. The topological polar surface area (TPSA) is 37.3 Å². The third-order valence-corrected chi connectivity index (χ3v) is 3.16. The van der Waals surface area contributed by atoms with E-state index < -0.39 is 5.60 Å². The second-order valence-corrected chi connectivity index (χ2v) is 5.69. The first-order valence-electron chi connectivity index (χ1n) is 6.96. The number of hydrogen-bond donors (Lipinski definition) is 1. The fourth-order valence-electron chi connectivity index (χ4n) is 1.84. The van der Waals surface area contributed by atoms with Gasteiger partial charge in [-0.2, -0.15) is 0 Å². The minimum Gasteiger partial charge on any atom is -0.386 e. The van der Waals surface area contributed by atoms with Crippen LogP contribution in [0.2, 0.25) is 0 Å². The molecule has 0 bridgehead atoms. The summed E-state index contributed by atoms with van der Waals surface area (Å²) < 4.78 is 0. The fourth-order valence-corrected chi connectivity index (χ4v) is 1.84. The van der Waals surface area contributed by atoms with E-state index in [0.717, 1.165) is 12.0 Å². The lowest BCUT2D eigenvalue weighted by Crippen LogP contribution is -2.19. The highest BCUT2D eigenvalue weighted by Crippen LogP contribution is 2.17. The Bertz CT molecular complexity index is 501. The van der Waals surface area contributed by atoms with Gasteiger partial charge in [-0.1, -0.05) is 48.1 Å². The Morgan fingerprint density at radius 3 is 2.30 bits per heavy atom. The molecule has 108 valence electrons. The summed E-state index contributed by atoms with van der Waals surface area (Å²) in [6, 6.07) is 7.39. The molecule has 1 unspecified atom stereocenters. The van der Waals surface area contributed by atoms with Crippen molar-refractivity contribution >= 4 is 11.9 Å². The molecule has 20 heavy (non-hydrogen) atoms. The minimum absolute atomic E-state index is 0.0641. The van der Waals surface area contributed by atoms with E-state index in [2.05, 4.69) is 19.9 Å². The summed E-state index contributed by atoms with van der Waals surface area (Å²) in [4.78, 5) is 11.2. The highest BCUT2D eigenvalue weighted by molar-refractivity contribution is 5.94. The predicted molar refractivity (Wildman–Crippen MR) is 84.8 cm³/mol. The lowest BCUT2D eigenvalue weighted by Gasteiger charge is -2.17. The average Bonchev–Trinajstić information content (AvgIpc) is 2.36. The fraction of sp³-hybridized carbons (Fsp3) is 0.389. The molecule has 1 N–H and O–H groups in total. The molecule has 1 rings (SSSR count). The summed E-state index contributed by atoms with van der Waals surface area (Å²) in [5.41, 5.74) is 2.14. The smallest absolute Gasteiger partial charge is 0.159 e. The molecule has 0 saturated carbocycles. The van der Waals surface area contributed by atoms with Crippen molar-refractivity contribution in [3.8, 4) is 0 Å². The van der Waals surface area contributed by atoms with Crippen molar-refractivity contribution in [1.82, 2.24) is 0 Å². The Balaban J connectivity index is 2.65. The highest BCUT2D eigenvalue weighted by atomic mass is 16.3. The van der Waals surface area contributed by atoms with Crippen LogP contribution in [0.15, 0.2) is 42.0 Å². The van der Waals surface area contributed by atoms with Gasteiger partial charge in [0.15, 0.2) is 5.78 Å². The van der Waals surface area contributed by atoms with Gasteiger partial charge in [0, 0.05) is 5.56 Å². The first-order chi connectivity index (χ1) is 9.30. The van der Waals surface area contributed by atoms with Crippen LogP contribution in [0.4, 0.5) is 0 Å². The largest absolute Gasteiger partial charge is 0.386 e. The second-order valence-electron chi connectivity index (χ2n) is 5.69. The van der Waals surface area contributed by atoms with Crippen LogP contribution in [0, 0.1) is 0 Å². The molecular weight excluding hydrogens is 248 g/mol. The van der Waals surface area contributed by atoms with Crippen LogP contribution in [0.5, 0.6) is 0 Å². The second kappa shape index (κ2) is 7.20. The van der Waals surface area contributed by atoms with Gasteiger partial charge < -0.3 is 5.11 Å². The number of Topliss-reactive ketones (excluding diaryl/α,β-unsaturated/α-hetero) is 1. The molecule has 2 heteroatoms. The molecule has 0 heterocycles. The number of carbonyl (C=O) groups is 1. The van der Waals surface area contributed by atoms with E-state index in [1.165, 1.54) is 5.57 Å². The van der Waals surface area contributed by atoms with Crippen LogP contribution in [-0.2, 0) is 0 Å². The maximum Gasteiger partial charge on any atom is 0.159 e. The van der Waals surface area contributed by atoms with Crippen molar-refractivity contribution in [2.45, 2.75) is 46.1 Å². The lowest BCUT2D eigenvalue weighted by atomic mass is 9.97. The number of benzene rings is 1. The first-order valence-corrected chi connectivity index (χ1v) is 6.96. The molecule has 0 aliphatic heterocycles. The Kier molecular flexibility index (Phi) is 5.90. The van der Waals surface area contributed by atoms with Gasteiger partial charge in [0.2, 0.25) is 0 Å². The van der Waals surface area contributed by atoms with Gasteiger partial charge in [-0.15, -0.1) is 0 Å². The number of aliphatic hydroxyl groups is 1. The van der Waals surface area contributed by atoms with Gasteiger partial charge >= 0.3 is 0 Å². The van der Waals surface area contributed by atoms with E-state index in [4.69, 9.17) is 0 Å². The summed E-state index contributed by atoms with van der Waals surface area (Å²) >= 11 is 0. The zero-order valence-corrected chi connectivity index (χ0v) is 12.8. The van der Waals surface area contributed by atoms with Gasteiger partial charge in [-0.3, -0.25) is 4.79 Å². The third kappa shape index (κ3) is 5.98. The van der Waals surface area contributed by atoms with Crippen molar-refractivity contribution in [2.24, 2.45) is 0 Å². The van der Waals surface area contributed by atoms with E-state index in [9.17, 15) is 9.90 Å². The predicted octanol–water partition coefficient (Wildman–Crippen LogP) is 4.40. The van der Waals surface area contributed by atoms with E-state index in [-0.39, 0.29) is 5.78 Å². The first kappa shape index (κ1) is 16.4. The lowest BCUT2D eigenvalue weighted by molar-refractivity contribution is 0.101. The van der Waals surface area contributed by atoms with E-state index in [0.29, 0.717) is 12.0 Å². The Labute approximate surface area is 121 Å². The van der Waals surface area contributed by atoms with Gasteiger partial charge in [0.05, 0.1) is 5.60 Å². The zero-order chi connectivity index (χ0) is 15.2. The van der Waals surface area contributed by atoms with Crippen LogP contribution in [-0.4, -0.2) is 16.5 Å². The van der Waals surface area contributed by atoms with Crippen molar-refractivity contribution in [1.29, 1.82) is 0 Å². The van der Waals surface area contributed by atoms with E-state index in [1.807, 2.05) is 31.2 Å². The van der Waals surface area contributed by atoms with Gasteiger partial charge in [-0.25, -0.2) is 0 Å². The summed E-state index contributed by atoms with van der Waals surface area (Å²) in [6.07, 6.45) is 7.40. The molecule has 0 aromatic heterocycles. The monoisotopic (exact) mass is 272 g/mol. The van der Waals surface area contributed by atoms with Gasteiger partial charge in [0.25, 0.3) is 0 Å². The molecular formula is C18H24O2. The summed E-state index contributed by atoms with van der Waals surface area (Å²) in [6.45, 7) is 7.48. The van der Waals surface area contributed by atoms with Crippen LogP contribution in [0.3, 0.4) is 0 Å². The Morgan fingerprint density at radius 2 is 1.80 bits per heavy atom. The molecule has 1 aromatic rings. The van der Waals surface area contributed by atoms with Crippen molar-refractivity contribution in [3.63, 3.8) is 0 Å². The number of hydrogen-bond acceptors (Lipinski definition) is 2. The maximum absolute atomic E-state index is 11.2. The molecule has 0 amide bonds. The zero-order valence-electron chi connectivity index (χ0n) is 12.8. The van der Waals surface area contributed by atoms with Crippen LogP contribution in [0.1, 0.15) is 56.5 Å². The molecule has 1 aromatic carbocycles. The molecule has 2 nitrogen and oxygen atoms in total. The molecule has 0 spiro atoms. The normalized spacial score (nSPS) is 14.1. The van der Waals surface area contributed by atoms with E-state index in [1.54, 1.807) is 19.1 Å². The van der Waals surface area contributed by atoms with Crippen molar-refractivity contribution in [3.05, 3.63) is 53.1 Å². The third-order valence-electron chi connectivity index (χ3n) is 3.16. The molecule has 0 radical (unpaired) electrons. The molecule has 1 atom stereocenters. The SMILES string of the molecule is CC(=O)c1ccc(/C=C/C(C)(O)CCC=C(C)C)cc1. The number of ketones is 1. The number of allylic oxidation sites excluding steroid dienone is 2. The van der Waals surface area contributed by atoms with Crippen molar-refractivity contribution in [2.75, 3.05) is 0 Å². The van der Waals surface area contributed by atoms with Crippen LogP contribution in [0.25, 0.3) is 6.08 Å². The quantitative estimate of drug-likeness (QED) is 0.615. The van der Waals surface area contributed by atoms with Gasteiger partial charge in [0.1, 0.15) is 0 Å². The average molecular weight is 272 g/mol. The molecule has 0 aliphatic rings. The summed E-state index contributed by atoms with van der Waals surface area (Å²) in [7, 11) is 0. The van der Waals surface area contributed by atoms with Crippen molar-refractivity contribution < 1.29 is 9.90 Å². The Morgan fingerprint density at radius 1 is 1.20 bits per heavy atom. The van der Waals surface area contributed by atoms with Crippen LogP contribution >= 0.6 is 0 Å². The maximum atomic E-state index is 11.2.